The van der Waals surface area contributed by atoms with E-state index < -0.39 is 0 Å². The number of hydrogen-bond donors (Lipinski definition) is 0. The normalized spacial score (nSPS) is 12.1. The summed E-state index contributed by atoms with van der Waals surface area (Å²) in [4.78, 5) is 22.1. The standard InChI is InChI=1S/C18H26O2/c1-3-4-5-6-7-8-17(13-14-19)18-11-9-16(10-12-18)15(2)20/h9-12,14,17H,3-8,13H2,1-2H3. The maximum atomic E-state index is 11.3. The van der Waals surface area contributed by atoms with Crippen molar-refractivity contribution in [2.45, 2.75) is 64.7 Å². The van der Waals surface area contributed by atoms with E-state index >= 15 is 0 Å². The minimum Gasteiger partial charge on any atom is -0.303 e. The van der Waals surface area contributed by atoms with Crippen molar-refractivity contribution in [2.75, 3.05) is 0 Å². The van der Waals surface area contributed by atoms with Crippen molar-refractivity contribution >= 4 is 12.1 Å². The molecule has 1 aromatic rings. The summed E-state index contributed by atoms with van der Waals surface area (Å²) >= 11 is 0. The minimum atomic E-state index is 0.0862. The van der Waals surface area contributed by atoms with Crippen LogP contribution in [-0.4, -0.2) is 12.1 Å². The molecular formula is C18H26O2. The van der Waals surface area contributed by atoms with Crippen LogP contribution in [0, 0.1) is 0 Å². The van der Waals surface area contributed by atoms with Crippen LogP contribution in [0.5, 0.6) is 0 Å². The molecule has 0 N–H and O–H groups in total. The molecule has 20 heavy (non-hydrogen) atoms. The second-order valence-corrected chi connectivity index (χ2v) is 5.48. The molecule has 0 aliphatic carbocycles. The molecule has 0 saturated heterocycles. The molecule has 0 saturated carbocycles. The van der Waals surface area contributed by atoms with E-state index in [1.165, 1.54) is 37.7 Å². The molecule has 0 heterocycles. The highest BCUT2D eigenvalue weighted by atomic mass is 16.1. The van der Waals surface area contributed by atoms with Crippen LogP contribution >= 0.6 is 0 Å². The second-order valence-electron chi connectivity index (χ2n) is 5.48. The van der Waals surface area contributed by atoms with Crippen LogP contribution < -0.4 is 0 Å². The Bertz CT molecular complexity index is 406. The maximum Gasteiger partial charge on any atom is 0.159 e. The van der Waals surface area contributed by atoms with E-state index in [0.717, 1.165) is 18.3 Å². The van der Waals surface area contributed by atoms with Crippen LogP contribution in [0.25, 0.3) is 0 Å². The lowest BCUT2D eigenvalue weighted by Crippen LogP contribution is -2.01. The van der Waals surface area contributed by atoms with Gasteiger partial charge in [-0.3, -0.25) is 4.79 Å². The molecule has 1 aromatic carbocycles. The monoisotopic (exact) mass is 274 g/mol. The highest BCUT2D eigenvalue weighted by molar-refractivity contribution is 5.94. The first-order valence-electron chi connectivity index (χ1n) is 7.73. The fraction of sp³-hybridized carbons (Fsp3) is 0.556. The van der Waals surface area contributed by atoms with E-state index in [0.29, 0.717) is 12.3 Å². The van der Waals surface area contributed by atoms with Gasteiger partial charge in [-0.2, -0.15) is 0 Å². The Kier molecular flexibility index (Phi) is 7.86. The lowest BCUT2D eigenvalue weighted by Gasteiger charge is -2.15. The van der Waals surface area contributed by atoms with Gasteiger partial charge in [-0.15, -0.1) is 0 Å². The molecule has 0 aromatic heterocycles. The van der Waals surface area contributed by atoms with Gasteiger partial charge in [0, 0.05) is 12.0 Å². The van der Waals surface area contributed by atoms with E-state index in [1.807, 2.05) is 24.3 Å². The van der Waals surface area contributed by atoms with Crippen LogP contribution in [-0.2, 0) is 4.79 Å². The number of benzene rings is 1. The van der Waals surface area contributed by atoms with Crippen molar-refractivity contribution < 1.29 is 9.59 Å². The molecule has 0 bridgehead atoms. The van der Waals surface area contributed by atoms with Gasteiger partial charge in [0.15, 0.2) is 5.78 Å². The third kappa shape index (κ3) is 5.68. The molecule has 0 aliphatic heterocycles. The maximum absolute atomic E-state index is 11.3. The number of hydrogen-bond acceptors (Lipinski definition) is 2. The van der Waals surface area contributed by atoms with Crippen LogP contribution in [0.15, 0.2) is 24.3 Å². The summed E-state index contributed by atoms with van der Waals surface area (Å²) < 4.78 is 0. The molecule has 110 valence electrons. The molecule has 1 rings (SSSR count). The molecule has 0 amide bonds. The fourth-order valence-corrected chi connectivity index (χ4v) is 2.52. The average Bonchev–Trinajstić information content (AvgIpc) is 2.46. The summed E-state index contributed by atoms with van der Waals surface area (Å²) in [6, 6.07) is 7.73. The molecule has 0 radical (unpaired) electrons. The highest BCUT2D eigenvalue weighted by Crippen LogP contribution is 2.25. The lowest BCUT2D eigenvalue weighted by molar-refractivity contribution is -0.108. The van der Waals surface area contributed by atoms with Crippen molar-refractivity contribution in [2.24, 2.45) is 0 Å². The lowest BCUT2D eigenvalue weighted by atomic mass is 9.90. The largest absolute Gasteiger partial charge is 0.303 e. The number of unbranched alkanes of at least 4 members (excludes halogenated alkanes) is 4. The number of carbonyl (C=O) groups is 2. The van der Waals surface area contributed by atoms with Gasteiger partial charge in [-0.25, -0.2) is 0 Å². The first-order chi connectivity index (χ1) is 9.69. The second kappa shape index (κ2) is 9.46. The van der Waals surface area contributed by atoms with Gasteiger partial charge < -0.3 is 4.79 Å². The molecule has 1 atom stereocenters. The van der Waals surface area contributed by atoms with Gasteiger partial charge in [0.25, 0.3) is 0 Å². The molecule has 0 spiro atoms. The number of Topliss-reactive ketones (excluding diaryl/α,β-unsaturated/α-hetero) is 1. The molecule has 0 aliphatic rings. The predicted octanol–water partition coefficient (Wildman–Crippen LogP) is 4.92. The third-order valence-electron chi connectivity index (χ3n) is 3.83. The summed E-state index contributed by atoms with van der Waals surface area (Å²) in [5.74, 6) is 0.387. The summed E-state index contributed by atoms with van der Waals surface area (Å²) in [5.41, 5.74) is 1.92. The Morgan fingerprint density at radius 2 is 1.75 bits per heavy atom. The summed E-state index contributed by atoms with van der Waals surface area (Å²) in [7, 11) is 0. The van der Waals surface area contributed by atoms with Crippen molar-refractivity contribution in [1.82, 2.24) is 0 Å². The molecule has 2 heteroatoms. The third-order valence-corrected chi connectivity index (χ3v) is 3.83. The number of ketones is 1. The Balaban J connectivity index is 2.56. The first-order valence-corrected chi connectivity index (χ1v) is 7.73. The SMILES string of the molecule is CCCCCCCC(CC=O)c1ccc(C(C)=O)cc1. The van der Waals surface area contributed by atoms with E-state index in [1.54, 1.807) is 6.92 Å². The van der Waals surface area contributed by atoms with Gasteiger partial charge in [0.05, 0.1) is 0 Å². The zero-order valence-corrected chi connectivity index (χ0v) is 12.7. The van der Waals surface area contributed by atoms with Crippen molar-refractivity contribution in [3.63, 3.8) is 0 Å². The smallest absolute Gasteiger partial charge is 0.159 e. The number of carbonyl (C=O) groups excluding carboxylic acids is 2. The molecule has 2 nitrogen and oxygen atoms in total. The quantitative estimate of drug-likeness (QED) is 0.344. The van der Waals surface area contributed by atoms with E-state index in [9.17, 15) is 9.59 Å². The highest BCUT2D eigenvalue weighted by Gasteiger charge is 2.11. The average molecular weight is 274 g/mol. The van der Waals surface area contributed by atoms with Gasteiger partial charge in [0.2, 0.25) is 0 Å². The Morgan fingerprint density at radius 1 is 1.10 bits per heavy atom. The Labute approximate surface area is 122 Å². The number of aldehydes is 1. The topological polar surface area (TPSA) is 34.1 Å². The summed E-state index contributed by atoms with van der Waals surface area (Å²) in [6.07, 6.45) is 8.90. The zero-order valence-electron chi connectivity index (χ0n) is 12.7. The van der Waals surface area contributed by atoms with Gasteiger partial charge in [-0.05, 0) is 24.8 Å². The summed E-state index contributed by atoms with van der Waals surface area (Å²) in [5, 5.41) is 0. The van der Waals surface area contributed by atoms with Crippen LogP contribution in [0.1, 0.15) is 80.6 Å². The van der Waals surface area contributed by atoms with Crippen molar-refractivity contribution in [3.05, 3.63) is 35.4 Å². The molecule has 1 unspecified atom stereocenters. The Hall–Kier alpha value is -1.44. The summed E-state index contributed by atoms with van der Waals surface area (Å²) in [6.45, 7) is 3.79. The van der Waals surface area contributed by atoms with E-state index in [-0.39, 0.29) is 5.78 Å². The van der Waals surface area contributed by atoms with Crippen molar-refractivity contribution in [3.8, 4) is 0 Å². The van der Waals surface area contributed by atoms with Crippen molar-refractivity contribution in [1.29, 1.82) is 0 Å². The number of rotatable bonds is 10. The first kappa shape index (κ1) is 16.6. The van der Waals surface area contributed by atoms with E-state index in [2.05, 4.69) is 6.92 Å². The molecular weight excluding hydrogens is 248 g/mol. The van der Waals surface area contributed by atoms with Crippen LogP contribution in [0.4, 0.5) is 0 Å². The van der Waals surface area contributed by atoms with E-state index in [4.69, 9.17) is 0 Å². The van der Waals surface area contributed by atoms with Gasteiger partial charge in [-0.1, -0.05) is 63.3 Å². The predicted molar refractivity (Wildman–Crippen MR) is 83.2 cm³/mol. The van der Waals surface area contributed by atoms with Crippen LogP contribution in [0.2, 0.25) is 0 Å². The van der Waals surface area contributed by atoms with Gasteiger partial charge in [0.1, 0.15) is 6.29 Å². The fourth-order valence-electron chi connectivity index (χ4n) is 2.52. The zero-order chi connectivity index (χ0) is 14.8. The van der Waals surface area contributed by atoms with Crippen LogP contribution in [0.3, 0.4) is 0 Å². The minimum absolute atomic E-state index is 0.0862. The Morgan fingerprint density at radius 3 is 2.30 bits per heavy atom. The molecule has 0 fully saturated rings. The van der Waals surface area contributed by atoms with Gasteiger partial charge >= 0.3 is 0 Å².